The van der Waals surface area contributed by atoms with Gasteiger partial charge in [-0.3, -0.25) is 9.59 Å². The fourth-order valence-corrected chi connectivity index (χ4v) is 5.45. The zero-order valence-electron chi connectivity index (χ0n) is 15.7. The van der Waals surface area contributed by atoms with Crippen molar-refractivity contribution in [3.8, 4) is 0 Å². The van der Waals surface area contributed by atoms with Crippen LogP contribution >= 0.6 is 23.2 Å². The molecule has 2 aromatic rings. The quantitative estimate of drug-likeness (QED) is 0.688. The summed E-state index contributed by atoms with van der Waals surface area (Å²) in [4.78, 5) is 24.8. The minimum atomic E-state index is -4.02. The van der Waals surface area contributed by atoms with Crippen LogP contribution in [0.15, 0.2) is 47.4 Å². The highest BCUT2D eigenvalue weighted by molar-refractivity contribution is 7.90. The molecule has 0 saturated carbocycles. The van der Waals surface area contributed by atoms with E-state index in [1.165, 1.54) is 12.1 Å². The van der Waals surface area contributed by atoms with Gasteiger partial charge in [0.05, 0.1) is 5.56 Å². The summed E-state index contributed by atoms with van der Waals surface area (Å²) in [5, 5.41) is 3.77. The van der Waals surface area contributed by atoms with Gasteiger partial charge in [-0.1, -0.05) is 54.7 Å². The molecule has 9 heteroatoms. The zero-order chi connectivity index (χ0) is 21.2. The summed E-state index contributed by atoms with van der Waals surface area (Å²) in [6, 6.07) is 11.1. The van der Waals surface area contributed by atoms with Crippen molar-refractivity contribution in [2.75, 3.05) is 13.1 Å². The second kappa shape index (κ2) is 8.73. The molecule has 154 valence electrons. The number of hydrogen-bond donors (Lipinski definition) is 1. The molecule has 29 heavy (non-hydrogen) atoms. The first kappa shape index (κ1) is 21.6. The largest absolute Gasteiger partial charge is 0.354 e. The molecule has 2 aromatic carbocycles. The van der Waals surface area contributed by atoms with E-state index in [1.807, 2.05) is 13.0 Å². The predicted molar refractivity (Wildman–Crippen MR) is 112 cm³/mol. The van der Waals surface area contributed by atoms with Crippen molar-refractivity contribution in [3.63, 3.8) is 0 Å². The van der Waals surface area contributed by atoms with Gasteiger partial charge in [-0.05, 0) is 36.2 Å². The molecule has 1 aliphatic rings. The molecule has 0 spiro atoms. The van der Waals surface area contributed by atoms with Crippen molar-refractivity contribution in [3.05, 3.63) is 63.6 Å². The van der Waals surface area contributed by atoms with Crippen molar-refractivity contribution in [2.45, 2.75) is 30.6 Å². The molecule has 0 bridgehead atoms. The van der Waals surface area contributed by atoms with Crippen LogP contribution in [0.3, 0.4) is 0 Å². The molecule has 0 radical (unpaired) electrons. The fraction of sp³-hybridized carbons (Fsp3) is 0.300. The van der Waals surface area contributed by atoms with Crippen LogP contribution in [0.4, 0.5) is 0 Å². The minimum absolute atomic E-state index is 0.0585. The summed E-state index contributed by atoms with van der Waals surface area (Å²) in [6.45, 7) is 1.72. The molecule has 1 N–H and O–H groups in total. The lowest BCUT2D eigenvalue weighted by Gasteiger charge is -2.20. The van der Waals surface area contributed by atoms with E-state index in [2.05, 4.69) is 5.32 Å². The first-order chi connectivity index (χ1) is 13.8. The van der Waals surface area contributed by atoms with Gasteiger partial charge in [0.25, 0.3) is 15.9 Å². The Kier molecular flexibility index (Phi) is 6.51. The maximum absolute atomic E-state index is 12.6. The molecule has 6 nitrogen and oxygen atoms in total. The third-order valence-electron chi connectivity index (χ3n) is 4.78. The predicted octanol–water partition coefficient (Wildman–Crippen LogP) is 3.84. The topological polar surface area (TPSA) is 83.6 Å². The van der Waals surface area contributed by atoms with Crippen LogP contribution in [0, 0.1) is 0 Å². The number of rotatable bonds is 7. The lowest BCUT2D eigenvalue weighted by Crippen LogP contribution is -2.41. The second-order valence-corrected chi connectivity index (χ2v) is 9.44. The number of halogens is 2. The SMILES string of the molecule is CCC[C@@H](CNC(=O)CN1C(=O)c2ccccc2S1(=O)=O)c1ccc(Cl)cc1Cl. The van der Waals surface area contributed by atoms with E-state index in [0.717, 1.165) is 18.4 Å². The lowest BCUT2D eigenvalue weighted by atomic mass is 9.94. The Bertz CT molecular complexity index is 1060. The van der Waals surface area contributed by atoms with E-state index in [-0.39, 0.29) is 22.9 Å². The van der Waals surface area contributed by atoms with Gasteiger partial charge >= 0.3 is 0 Å². The number of sulfonamides is 1. The summed E-state index contributed by atoms with van der Waals surface area (Å²) in [6.07, 6.45) is 1.64. The third kappa shape index (κ3) is 4.42. The highest BCUT2D eigenvalue weighted by Crippen LogP contribution is 2.31. The Balaban J connectivity index is 1.70. The lowest BCUT2D eigenvalue weighted by molar-refractivity contribution is -0.121. The highest BCUT2D eigenvalue weighted by Gasteiger charge is 2.41. The van der Waals surface area contributed by atoms with Gasteiger partial charge < -0.3 is 5.32 Å². The molecule has 0 saturated heterocycles. The Morgan fingerprint density at radius 3 is 2.55 bits per heavy atom. The summed E-state index contributed by atoms with van der Waals surface area (Å²) in [7, 11) is -4.02. The number of hydrogen-bond acceptors (Lipinski definition) is 4. The van der Waals surface area contributed by atoms with Gasteiger partial charge in [0.2, 0.25) is 5.91 Å². The van der Waals surface area contributed by atoms with Gasteiger partial charge in [0, 0.05) is 22.5 Å². The molecular weight excluding hydrogens is 435 g/mol. The van der Waals surface area contributed by atoms with Crippen LogP contribution in [0.5, 0.6) is 0 Å². The summed E-state index contributed by atoms with van der Waals surface area (Å²) >= 11 is 12.2. The molecule has 1 heterocycles. The van der Waals surface area contributed by atoms with E-state index in [4.69, 9.17) is 23.2 Å². The first-order valence-corrected chi connectivity index (χ1v) is 11.3. The molecule has 0 unspecified atom stereocenters. The number of benzene rings is 2. The van der Waals surface area contributed by atoms with Gasteiger partial charge in [-0.15, -0.1) is 0 Å². The van der Waals surface area contributed by atoms with E-state index in [1.54, 1.807) is 24.3 Å². The maximum atomic E-state index is 12.6. The van der Waals surface area contributed by atoms with Crippen LogP contribution in [0.1, 0.15) is 41.6 Å². The number of nitrogens with one attached hydrogen (secondary N) is 1. The Labute approximate surface area is 179 Å². The smallest absolute Gasteiger partial charge is 0.269 e. The Hall–Kier alpha value is -2.09. The number of amides is 2. The molecule has 2 amide bonds. The van der Waals surface area contributed by atoms with E-state index in [0.29, 0.717) is 14.4 Å². The van der Waals surface area contributed by atoms with Crippen LogP contribution in [0.25, 0.3) is 0 Å². The van der Waals surface area contributed by atoms with Gasteiger partial charge in [0.1, 0.15) is 11.4 Å². The van der Waals surface area contributed by atoms with Crippen molar-refractivity contribution in [1.82, 2.24) is 9.62 Å². The standard InChI is InChI=1S/C20H20Cl2N2O4S/c1-2-5-13(15-9-8-14(21)10-17(15)22)11-23-19(25)12-24-20(26)16-6-3-4-7-18(16)29(24,27)28/h3-4,6-10,13H,2,5,11-12H2,1H3,(H,23,25)/t13-/m0/s1. The van der Waals surface area contributed by atoms with Crippen molar-refractivity contribution in [1.29, 1.82) is 0 Å². The molecular formula is C20H20Cl2N2O4S. The number of fused-ring (bicyclic) bond motifs is 1. The normalized spacial score (nSPS) is 15.8. The van der Waals surface area contributed by atoms with Gasteiger partial charge in [0.15, 0.2) is 0 Å². The van der Waals surface area contributed by atoms with Crippen molar-refractivity contribution in [2.24, 2.45) is 0 Å². The number of nitrogens with zero attached hydrogens (tertiary/aromatic N) is 1. The minimum Gasteiger partial charge on any atom is -0.354 e. The van der Waals surface area contributed by atoms with Crippen molar-refractivity contribution >= 4 is 45.0 Å². The Morgan fingerprint density at radius 1 is 1.17 bits per heavy atom. The molecule has 3 rings (SSSR count). The van der Waals surface area contributed by atoms with E-state index >= 15 is 0 Å². The number of carbonyl (C=O) groups is 2. The number of carbonyl (C=O) groups excluding carboxylic acids is 2. The van der Waals surface area contributed by atoms with Crippen LogP contribution in [0.2, 0.25) is 10.0 Å². The van der Waals surface area contributed by atoms with Gasteiger partial charge in [-0.25, -0.2) is 12.7 Å². The Morgan fingerprint density at radius 2 is 1.90 bits per heavy atom. The van der Waals surface area contributed by atoms with E-state index < -0.39 is 28.4 Å². The van der Waals surface area contributed by atoms with Gasteiger partial charge in [-0.2, -0.15) is 0 Å². The maximum Gasteiger partial charge on any atom is 0.269 e. The highest BCUT2D eigenvalue weighted by atomic mass is 35.5. The zero-order valence-corrected chi connectivity index (χ0v) is 18.0. The summed E-state index contributed by atoms with van der Waals surface area (Å²) < 4.78 is 25.7. The molecule has 0 aliphatic carbocycles. The van der Waals surface area contributed by atoms with Crippen molar-refractivity contribution < 1.29 is 18.0 Å². The van der Waals surface area contributed by atoms with Crippen LogP contribution in [-0.4, -0.2) is 37.6 Å². The summed E-state index contributed by atoms with van der Waals surface area (Å²) in [5.74, 6) is -1.31. The average Bonchev–Trinajstić information content (AvgIpc) is 2.87. The molecule has 1 aliphatic heterocycles. The second-order valence-electron chi connectivity index (χ2n) is 6.77. The molecule has 0 aromatic heterocycles. The average molecular weight is 455 g/mol. The van der Waals surface area contributed by atoms with E-state index in [9.17, 15) is 18.0 Å². The molecule has 0 fully saturated rings. The fourth-order valence-electron chi connectivity index (χ4n) is 3.36. The van der Waals surface area contributed by atoms with Crippen LogP contribution in [-0.2, 0) is 14.8 Å². The summed E-state index contributed by atoms with van der Waals surface area (Å²) in [5.41, 5.74) is 0.938. The third-order valence-corrected chi connectivity index (χ3v) is 7.13. The molecule has 1 atom stereocenters. The monoisotopic (exact) mass is 454 g/mol. The van der Waals surface area contributed by atoms with Crippen LogP contribution < -0.4 is 5.32 Å². The first-order valence-electron chi connectivity index (χ1n) is 9.13.